The van der Waals surface area contributed by atoms with Crippen LogP contribution in [0.1, 0.15) is 27.6 Å². The molecular formula is C16H14O5. The molecule has 0 saturated carbocycles. The summed E-state index contributed by atoms with van der Waals surface area (Å²) >= 11 is 0. The monoisotopic (exact) mass is 286 g/mol. The van der Waals surface area contributed by atoms with Gasteiger partial charge in [-0.2, -0.15) is 0 Å². The van der Waals surface area contributed by atoms with Crippen LogP contribution in [0.15, 0.2) is 42.5 Å². The number of benzene rings is 2. The van der Waals surface area contributed by atoms with Gasteiger partial charge in [-0.15, -0.1) is 0 Å². The lowest BCUT2D eigenvalue weighted by Gasteiger charge is -2.07. The van der Waals surface area contributed by atoms with Crippen molar-refractivity contribution >= 4 is 12.3 Å². The first-order chi connectivity index (χ1) is 10.1. The molecule has 0 heterocycles. The maximum Gasteiger partial charge on any atom is 0.343 e. The van der Waals surface area contributed by atoms with Gasteiger partial charge in [-0.25, -0.2) is 4.79 Å². The zero-order valence-electron chi connectivity index (χ0n) is 11.4. The van der Waals surface area contributed by atoms with Crippen molar-refractivity contribution in [2.45, 2.75) is 6.92 Å². The fourth-order valence-electron chi connectivity index (χ4n) is 1.71. The van der Waals surface area contributed by atoms with E-state index in [1.54, 1.807) is 24.3 Å². The minimum absolute atomic E-state index is 0.135. The Morgan fingerprint density at radius 3 is 2.38 bits per heavy atom. The van der Waals surface area contributed by atoms with Crippen LogP contribution < -0.4 is 9.47 Å². The maximum atomic E-state index is 11.9. The predicted octanol–water partition coefficient (Wildman–Crippen LogP) is 2.82. The van der Waals surface area contributed by atoms with Crippen LogP contribution in [0.4, 0.5) is 0 Å². The highest BCUT2D eigenvalue weighted by Crippen LogP contribution is 2.23. The minimum atomic E-state index is -0.559. The Balaban J connectivity index is 2.10. The number of hydrogen-bond donors (Lipinski definition) is 1. The van der Waals surface area contributed by atoms with Crippen molar-refractivity contribution in [3.63, 3.8) is 0 Å². The van der Waals surface area contributed by atoms with E-state index in [1.165, 1.54) is 18.2 Å². The van der Waals surface area contributed by atoms with Crippen LogP contribution in [0.5, 0.6) is 17.2 Å². The number of ether oxygens (including phenoxy) is 2. The number of esters is 1. The Labute approximate surface area is 121 Å². The predicted molar refractivity (Wildman–Crippen MR) is 76.1 cm³/mol. The van der Waals surface area contributed by atoms with Crippen LogP contribution in [0.25, 0.3) is 0 Å². The fraction of sp³-hybridized carbons (Fsp3) is 0.125. The molecule has 0 aliphatic heterocycles. The standard InChI is InChI=1S/C16H14O5/c1-2-20-13-6-3-11(4-7-13)16(19)21-14-8-5-12(10-17)15(18)9-14/h3-10,18H,2H2,1H3. The van der Waals surface area contributed by atoms with Crippen molar-refractivity contribution in [3.05, 3.63) is 53.6 Å². The smallest absolute Gasteiger partial charge is 0.343 e. The molecule has 0 atom stereocenters. The molecule has 21 heavy (non-hydrogen) atoms. The van der Waals surface area contributed by atoms with Gasteiger partial charge in [0.2, 0.25) is 0 Å². The van der Waals surface area contributed by atoms with Gasteiger partial charge in [0, 0.05) is 6.07 Å². The molecule has 0 amide bonds. The molecule has 0 bridgehead atoms. The molecule has 5 heteroatoms. The first-order valence-electron chi connectivity index (χ1n) is 6.37. The van der Waals surface area contributed by atoms with Crippen molar-refractivity contribution in [3.8, 4) is 17.2 Å². The summed E-state index contributed by atoms with van der Waals surface area (Å²) in [5.41, 5.74) is 0.494. The molecule has 0 aliphatic carbocycles. The second-order valence-corrected chi connectivity index (χ2v) is 4.19. The number of rotatable bonds is 5. The topological polar surface area (TPSA) is 72.8 Å². The van der Waals surface area contributed by atoms with Gasteiger partial charge in [0.1, 0.15) is 17.2 Å². The van der Waals surface area contributed by atoms with Gasteiger partial charge in [-0.05, 0) is 43.3 Å². The summed E-state index contributed by atoms with van der Waals surface area (Å²) in [6.45, 7) is 2.42. The van der Waals surface area contributed by atoms with Crippen LogP contribution in [-0.4, -0.2) is 24.0 Å². The Bertz CT molecular complexity index is 646. The van der Waals surface area contributed by atoms with E-state index in [0.717, 1.165) is 0 Å². The maximum absolute atomic E-state index is 11.9. The van der Waals surface area contributed by atoms with Crippen molar-refractivity contribution in [2.75, 3.05) is 6.61 Å². The Morgan fingerprint density at radius 1 is 1.14 bits per heavy atom. The Morgan fingerprint density at radius 2 is 1.81 bits per heavy atom. The molecule has 0 saturated heterocycles. The van der Waals surface area contributed by atoms with Crippen molar-refractivity contribution in [1.29, 1.82) is 0 Å². The highest BCUT2D eigenvalue weighted by Gasteiger charge is 2.10. The lowest BCUT2D eigenvalue weighted by atomic mass is 10.2. The van der Waals surface area contributed by atoms with E-state index in [1.807, 2.05) is 6.92 Å². The van der Waals surface area contributed by atoms with Crippen molar-refractivity contribution in [1.82, 2.24) is 0 Å². The average Bonchev–Trinajstić information content (AvgIpc) is 2.48. The van der Waals surface area contributed by atoms with E-state index in [0.29, 0.717) is 24.2 Å². The fourth-order valence-corrected chi connectivity index (χ4v) is 1.71. The molecule has 0 aromatic heterocycles. The molecule has 1 N–H and O–H groups in total. The van der Waals surface area contributed by atoms with Gasteiger partial charge >= 0.3 is 5.97 Å². The minimum Gasteiger partial charge on any atom is -0.507 e. The number of aromatic hydroxyl groups is 1. The summed E-state index contributed by atoms with van der Waals surface area (Å²) in [5.74, 6) is 0.0392. The quantitative estimate of drug-likeness (QED) is 0.520. The molecule has 5 nitrogen and oxygen atoms in total. The van der Waals surface area contributed by atoms with Crippen molar-refractivity contribution in [2.24, 2.45) is 0 Å². The molecule has 2 aromatic carbocycles. The second-order valence-electron chi connectivity index (χ2n) is 4.19. The summed E-state index contributed by atoms with van der Waals surface area (Å²) in [5, 5.41) is 9.53. The van der Waals surface area contributed by atoms with Crippen LogP contribution in [0, 0.1) is 0 Å². The number of phenols is 1. The highest BCUT2D eigenvalue weighted by atomic mass is 16.5. The molecule has 0 aliphatic rings. The number of carbonyl (C=O) groups excluding carboxylic acids is 2. The summed E-state index contributed by atoms with van der Waals surface area (Å²) in [6.07, 6.45) is 0.521. The summed E-state index contributed by atoms with van der Waals surface area (Å²) < 4.78 is 10.4. The number of hydrogen-bond acceptors (Lipinski definition) is 5. The van der Waals surface area contributed by atoms with Crippen LogP contribution >= 0.6 is 0 Å². The number of phenolic OH excluding ortho intramolecular Hbond substituents is 1. The van der Waals surface area contributed by atoms with Gasteiger partial charge in [-0.3, -0.25) is 4.79 Å². The van der Waals surface area contributed by atoms with Crippen LogP contribution in [0.2, 0.25) is 0 Å². The first-order valence-corrected chi connectivity index (χ1v) is 6.37. The van der Waals surface area contributed by atoms with Gasteiger partial charge in [-0.1, -0.05) is 0 Å². The van der Waals surface area contributed by atoms with E-state index in [2.05, 4.69) is 0 Å². The molecule has 0 radical (unpaired) electrons. The third-order valence-corrected chi connectivity index (χ3v) is 2.74. The van der Waals surface area contributed by atoms with E-state index in [9.17, 15) is 14.7 Å². The second kappa shape index (κ2) is 6.56. The molecule has 0 fully saturated rings. The lowest BCUT2D eigenvalue weighted by Crippen LogP contribution is -2.08. The van der Waals surface area contributed by atoms with Gasteiger partial charge in [0.05, 0.1) is 17.7 Å². The molecule has 2 rings (SSSR count). The summed E-state index contributed by atoms with van der Waals surface area (Å²) in [4.78, 5) is 22.5. The molecule has 2 aromatic rings. The molecule has 0 unspecified atom stereocenters. The third-order valence-electron chi connectivity index (χ3n) is 2.74. The number of carbonyl (C=O) groups is 2. The Kier molecular flexibility index (Phi) is 4.56. The molecular weight excluding hydrogens is 272 g/mol. The Hall–Kier alpha value is -2.82. The SMILES string of the molecule is CCOc1ccc(C(=O)Oc2ccc(C=O)c(O)c2)cc1. The van der Waals surface area contributed by atoms with Gasteiger partial charge in [0.25, 0.3) is 0 Å². The van der Waals surface area contributed by atoms with E-state index in [-0.39, 0.29) is 17.1 Å². The van der Waals surface area contributed by atoms with Crippen LogP contribution in [0.3, 0.4) is 0 Å². The van der Waals surface area contributed by atoms with E-state index < -0.39 is 5.97 Å². The third kappa shape index (κ3) is 3.60. The summed E-state index contributed by atoms with van der Waals surface area (Å²) in [6, 6.07) is 10.6. The normalized spacial score (nSPS) is 9.95. The van der Waals surface area contributed by atoms with E-state index in [4.69, 9.17) is 9.47 Å². The first kappa shape index (κ1) is 14.6. The number of aldehydes is 1. The molecule has 108 valence electrons. The molecule has 0 spiro atoms. The zero-order chi connectivity index (χ0) is 15.2. The van der Waals surface area contributed by atoms with E-state index >= 15 is 0 Å². The summed E-state index contributed by atoms with van der Waals surface area (Å²) in [7, 11) is 0. The van der Waals surface area contributed by atoms with Gasteiger partial charge < -0.3 is 14.6 Å². The average molecular weight is 286 g/mol. The zero-order valence-corrected chi connectivity index (χ0v) is 11.4. The van der Waals surface area contributed by atoms with Gasteiger partial charge in [0.15, 0.2) is 6.29 Å². The lowest BCUT2D eigenvalue weighted by molar-refractivity contribution is 0.0734. The largest absolute Gasteiger partial charge is 0.507 e. The highest BCUT2D eigenvalue weighted by molar-refractivity contribution is 5.91. The van der Waals surface area contributed by atoms with Crippen molar-refractivity contribution < 1.29 is 24.2 Å². The van der Waals surface area contributed by atoms with Crippen LogP contribution in [-0.2, 0) is 0 Å².